The van der Waals surface area contributed by atoms with Crippen molar-refractivity contribution in [1.82, 2.24) is 5.32 Å². The van der Waals surface area contributed by atoms with Gasteiger partial charge in [0.05, 0.1) is 4.92 Å². The fourth-order valence-electron chi connectivity index (χ4n) is 1.64. The van der Waals surface area contributed by atoms with E-state index in [2.05, 4.69) is 5.32 Å². The number of carbonyl (C=O) groups excluding carboxylic acids is 2. The molecule has 1 fully saturated rings. The zero-order valence-electron chi connectivity index (χ0n) is 10.9. The van der Waals surface area contributed by atoms with E-state index in [9.17, 15) is 19.7 Å². The van der Waals surface area contributed by atoms with Crippen LogP contribution in [0.15, 0.2) is 18.2 Å². The summed E-state index contributed by atoms with van der Waals surface area (Å²) in [6, 6.07) is 4.04. The number of benzene rings is 1. The van der Waals surface area contributed by atoms with Crippen LogP contribution >= 0.6 is 0 Å². The molecule has 0 aliphatic heterocycles. The van der Waals surface area contributed by atoms with E-state index in [4.69, 9.17) is 4.74 Å². The second kappa shape index (κ2) is 5.68. The lowest BCUT2D eigenvalue weighted by atomic mass is 10.2. The monoisotopic (exact) mass is 278 g/mol. The average molecular weight is 278 g/mol. The highest BCUT2D eigenvalue weighted by atomic mass is 16.6. The summed E-state index contributed by atoms with van der Waals surface area (Å²) in [6.45, 7) is 1.52. The fourth-order valence-corrected chi connectivity index (χ4v) is 1.64. The fraction of sp³-hybridized carbons (Fsp3) is 0.385. The predicted octanol–water partition coefficient (Wildman–Crippen LogP) is 1.45. The van der Waals surface area contributed by atoms with Crippen molar-refractivity contribution in [3.8, 4) is 5.75 Å². The lowest BCUT2D eigenvalue weighted by molar-refractivity contribution is -0.386. The van der Waals surface area contributed by atoms with E-state index in [1.807, 2.05) is 0 Å². The molecule has 1 aliphatic rings. The largest absolute Gasteiger partial charge is 0.474 e. The van der Waals surface area contributed by atoms with Crippen LogP contribution in [0.5, 0.6) is 5.75 Å². The van der Waals surface area contributed by atoms with Gasteiger partial charge in [-0.05, 0) is 31.9 Å². The van der Waals surface area contributed by atoms with Gasteiger partial charge in [0.2, 0.25) is 0 Å². The van der Waals surface area contributed by atoms with E-state index in [-0.39, 0.29) is 28.9 Å². The number of hydrogen-bond acceptors (Lipinski definition) is 5. The highest BCUT2D eigenvalue weighted by Gasteiger charge is 2.27. The van der Waals surface area contributed by atoms with Crippen LogP contribution in [0.2, 0.25) is 0 Å². The van der Waals surface area contributed by atoms with E-state index in [1.165, 1.54) is 19.1 Å². The van der Waals surface area contributed by atoms with Crippen LogP contribution in [0.25, 0.3) is 0 Å². The molecule has 0 unspecified atom stereocenters. The number of nitro benzene ring substituents is 1. The minimum Gasteiger partial charge on any atom is -0.474 e. The summed E-state index contributed by atoms with van der Waals surface area (Å²) in [7, 11) is 0. The Morgan fingerprint density at radius 1 is 1.55 bits per heavy atom. The van der Waals surface area contributed by atoms with Crippen molar-refractivity contribution in [3.05, 3.63) is 33.9 Å². The summed E-state index contributed by atoms with van der Waals surface area (Å²) in [6.07, 6.45) is 1.58. The Morgan fingerprint density at radius 2 is 2.25 bits per heavy atom. The van der Waals surface area contributed by atoms with Gasteiger partial charge in [-0.2, -0.15) is 0 Å². The Balaban J connectivity index is 2.12. The van der Waals surface area contributed by atoms with E-state index in [0.717, 1.165) is 18.9 Å². The molecule has 1 N–H and O–H groups in total. The van der Waals surface area contributed by atoms with Crippen LogP contribution in [0.1, 0.15) is 30.1 Å². The second-order valence-corrected chi connectivity index (χ2v) is 4.65. The van der Waals surface area contributed by atoms with Gasteiger partial charge < -0.3 is 10.1 Å². The molecule has 0 heterocycles. The number of amides is 1. The number of carbonyl (C=O) groups is 2. The van der Waals surface area contributed by atoms with Gasteiger partial charge in [0.25, 0.3) is 5.91 Å². The minimum absolute atomic E-state index is 0.0287. The number of nitrogens with zero attached hydrogens (tertiary/aromatic N) is 1. The first-order chi connectivity index (χ1) is 9.51. The number of rotatable bonds is 6. The van der Waals surface area contributed by atoms with Crippen LogP contribution in [0, 0.1) is 10.1 Å². The Labute approximate surface area is 115 Å². The SMILES string of the molecule is C[C@@H](Oc1ccc(C=O)cc1[N+](=O)[O-])C(=O)NC1CC1. The molecule has 0 radical (unpaired) electrons. The Bertz CT molecular complexity index is 554. The third-order valence-electron chi connectivity index (χ3n) is 2.91. The molecule has 2 rings (SSSR count). The van der Waals surface area contributed by atoms with Crippen molar-refractivity contribution in [2.24, 2.45) is 0 Å². The molecular weight excluding hydrogens is 264 g/mol. The molecular formula is C13H14N2O5. The van der Waals surface area contributed by atoms with Crippen LogP contribution in [0.4, 0.5) is 5.69 Å². The number of nitro groups is 1. The predicted molar refractivity (Wildman–Crippen MR) is 69.7 cm³/mol. The summed E-state index contributed by atoms with van der Waals surface area (Å²) >= 11 is 0. The molecule has 0 aromatic heterocycles. The van der Waals surface area contributed by atoms with E-state index in [0.29, 0.717) is 6.29 Å². The molecule has 20 heavy (non-hydrogen) atoms. The molecule has 0 saturated heterocycles. The summed E-state index contributed by atoms with van der Waals surface area (Å²) in [4.78, 5) is 32.7. The first kappa shape index (κ1) is 14.0. The molecule has 1 aliphatic carbocycles. The number of hydrogen-bond donors (Lipinski definition) is 1. The molecule has 1 saturated carbocycles. The first-order valence-electron chi connectivity index (χ1n) is 6.22. The maximum absolute atomic E-state index is 11.7. The summed E-state index contributed by atoms with van der Waals surface area (Å²) < 4.78 is 5.33. The van der Waals surface area contributed by atoms with Gasteiger partial charge >= 0.3 is 5.69 Å². The van der Waals surface area contributed by atoms with E-state index in [1.54, 1.807) is 0 Å². The topological polar surface area (TPSA) is 98.5 Å². The van der Waals surface area contributed by atoms with Crippen LogP contribution in [0.3, 0.4) is 0 Å². The third kappa shape index (κ3) is 3.31. The summed E-state index contributed by atoms with van der Waals surface area (Å²) in [5.74, 6) is -0.333. The van der Waals surface area contributed by atoms with Crippen molar-refractivity contribution < 1.29 is 19.2 Å². The number of nitrogens with one attached hydrogen (secondary N) is 1. The first-order valence-corrected chi connectivity index (χ1v) is 6.22. The lowest BCUT2D eigenvalue weighted by Crippen LogP contribution is -2.37. The van der Waals surface area contributed by atoms with Crippen molar-refractivity contribution >= 4 is 17.9 Å². The maximum atomic E-state index is 11.7. The van der Waals surface area contributed by atoms with Crippen molar-refractivity contribution in [2.45, 2.75) is 31.9 Å². The molecule has 1 aromatic carbocycles. The lowest BCUT2D eigenvalue weighted by Gasteiger charge is -2.14. The van der Waals surface area contributed by atoms with E-state index >= 15 is 0 Å². The van der Waals surface area contributed by atoms with Gasteiger partial charge in [0.1, 0.15) is 6.29 Å². The highest BCUT2D eigenvalue weighted by Crippen LogP contribution is 2.28. The van der Waals surface area contributed by atoms with Crippen LogP contribution in [-0.4, -0.2) is 29.3 Å². The number of aldehydes is 1. The zero-order valence-corrected chi connectivity index (χ0v) is 10.9. The average Bonchev–Trinajstić information content (AvgIpc) is 3.22. The Hall–Kier alpha value is -2.44. The van der Waals surface area contributed by atoms with Crippen molar-refractivity contribution in [1.29, 1.82) is 0 Å². The molecule has 106 valence electrons. The van der Waals surface area contributed by atoms with Gasteiger partial charge in [0.15, 0.2) is 11.9 Å². The van der Waals surface area contributed by atoms with Gasteiger partial charge in [-0.25, -0.2) is 0 Å². The molecule has 0 bridgehead atoms. The molecule has 7 nitrogen and oxygen atoms in total. The van der Waals surface area contributed by atoms with Crippen LogP contribution in [-0.2, 0) is 4.79 Å². The highest BCUT2D eigenvalue weighted by molar-refractivity contribution is 5.81. The van der Waals surface area contributed by atoms with Crippen LogP contribution < -0.4 is 10.1 Å². The minimum atomic E-state index is -0.837. The summed E-state index contributed by atoms with van der Waals surface area (Å²) in [5.41, 5.74) is -0.153. The molecule has 7 heteroatoms. The van der Waals surface area contributed by atoms with Crippen molar-refractivity contribution in [2.75, 3.05) is 0 Å². The molecule has 1 amide bonds. The molecule has 1 atom stereocenters. The molecule has 1 aromatic rings. The smallest absolute Gasteiger partial charge is 0.311 e. The normalized spacial score (nSPS) is 15.2. The van der Waals surface area contributed by atoms with E-state index < -0.39 is 11.0 Å². The molecule has 0 spiro atoms. The van der Waals surface area contributed by atoms with Gasteiger partial charge in [-0.3, -0.25) is 19.7 Å². The summed E-state index contributed by atoms with van der Waals surface area (Å²) in [5, 5.41) is 13.7. The quantitative estimate of drug-likeness (QED) is 0.482. The van der Waals surface area contributed by atoms with Gasteiger partial charge in [-0.1, -0.05) is 0 Å². The number of ether oxygens (including phenoxy) is 1. The Kier molecular flexibility index (Phi) is 3.97. The third-order valence-corrected chi connectivity index (χ3v) is 2.91. The van der Waals surface area contributed by atoms with Crippen molar-refractivity contribution in [3.63, 3.8) is 0 Å². The van der Waals surface area contributed by atoms with Gasteiger partial charge in [-0.15, -0.1) is 0 Å². The second-order valence-electron chi connectivity index (χ2n) is 4.65. The Morgan fingerprint density at radius 3 is 2.80 bits per heavy atom. The standard InChI is InChI=1S/C13H14N2O5/c1-8(13(17)14-10-3-4-10)20-12-5-2-9(7-16)6-11(12)15(18)19/h2,5-8,10H,3-4H2,1H3,(H,14,17)/t8-/m1/s1. The maximum Gasteiger partial charge on any atom is 0.311 e. The van der Waals surface area contributed by atoms with Gasteiger partial charge in [0, 0.05) is 17.7 Å². The zero-order chi connectivity index (χ0) is 14.7.